The minimum Gasteiger partial charge on any atom is -0.485 e. The molecule has 2 aromatic heterocycles. The number of rotatable bonds is 6. The highest BCUT2D eigenvalue weighted by molar-refractivity contribution is 8.00. The van der Waals surface area contributed by atoms with Crippen molar-refractivity contribution in [2.75, 3.05) is 13.7 Å². The molecular formula is C21H21N3O6S. The lowest BCUT2D eigenvalue weighted by Gasteiger charge is -2.23. The number of carbonyl (C=O) groups excluding carboxylic acids is 2. The maximum atomic E-state index is 13.0. The summed E-state index contributed by atoms with van der Waals surface area (Å²) in [6.45, 7) is 5.42. The summed E-state index contributed by atoms with van der Waals surface area (Å²) in [5.41, 5.74) is 1.87. The summed E-state index contributed by atoms with van der Waals surface area (Å²) < 4.78 is 22.1. The lowest BCUT2D eigenvalue weighted by Crippen LogP contribution is -2.21. The molecule has 0 saturated carbocycles. The Bertz CT molecular complexity index is 1140. The third-order valence-corrected chi connectivity index (χ3v) is 5.86. The molecule has 1 aliphatic rings. The van der Waals surface area contributed by atoms with Crippen LogP contribution < -0.4 is 9.47 Å². The zero-order valence-corrected chi connectivity index (χ0v) is 18.2. The Balaban J connectivity index is 1.46. The molecule has 1 N–H and O–H groups in total. The van der Waals surface area contributed by atoms with Crippen molar-refractivity contribution >= 4 is 23.5 Å². The summed E-state index contributed by atoms with van der Waals surface area (Å²) in [5.74, 6) is 0.871. The molecule has 0 fully saturated rings. The van der Waals surface area contributed by atoms with Gasteiger partial charge in [0.05, 0.1) is 23.6 Å². The topological polar surface area (TPSA) is 117 Å². The number of esters is 1. The van der Waals surface area contributed by atoms with Crippen molar-refractivity contribution in [2.45, 2.75) is 37.3 Å². The van der Waals surface area contributed by atoms with Crippen LogP contribution in [0.4, 0.5) is 0 Å². The Hall–Kier alpha value is -3.27. The van der Waals surface area contributed by atoms with E-state index in [1.807, 2.05) is 18.2 Å². The highest BCUT2D eigenvalue weighted by Gasteiger charge is 2.30. The molecule has 31 heavy (non-hydrogen) atoms. The molecule has 0 saturated heterocycles. The first kappa shape index (κ1) is 21.0. The standard InChI is InChI=1S/C21H21N3O6S/c1-10-16(20(26)27-4)11(2)22-17(10)18(25)12(3)31-21-24-23-19(30-21)15-9-28-13-7-5-6-8-14(13)29-15/h5-8,12,15,22H,9H2,1-4H3/t12-,15-/m1/s1. The SMILES string of the molecule is COC(=O)c1c(C)[nH]c(C(=O)[C@@H](C)Sc2nnc([C@H]3COc4ccccc4O3)o2)c1C. The minimum absolute atomic E-state index is 0.188. The van der Waals surface area contributed by atoms with Crippen molar-refractivity contribution in [3.8, 4) is 11.5 Å². The Morgan fingerprint density at radius 3 is 2.71 bits per heavy atom. The van der Waals surface area contributed by atoms with E-state index in [2.05, 4.69) is 15.2 Å². The third-order valence-electron chi connectivity index (χ3n) is 4.93. The van der Waals surface area contributed by atoms with E-state index in [4.69, 9.17) is 18.6 Å². The Kier molecular flexibility index (Phi) is 5.73. The highest BCUT2D eigenvalue weighted by atomic mass is 32.2. The average Bonchev–Trinajstić information content (AvgIpc) is 3.36. The van der Waals surface area contributed by atoms with Crippen molar-refractivity contribution in [2.24, 2.45) is 0 Å². The second-order valence-corrected chi connectivity index (χ2v) is 8.30. The van der Waals surface area contributed by atoms with Gasteiger partial charge in [0.2, 0.25) is 6.10 Å². The monoisotopic (exact) mass is 443 g/mol. The van der Waals surface area contributed by atoms with Crippen LogP contribution in [0.15, 0.2) is 33.9 Å². The summed E-state index contributed by atoms with van der Waals surface area (Å²) in [6.07, 6.45) is -0.529. The van der Waals surface area contributed by atoms with Crippen LogP contribution in [0.5, 0.6) is 11.5 Å². The number of H-pyrrole nitrogens is 1. The van der Waals surface area contributed by atoms with Gasteiger partial charge < -0.3 is 23.6 Å². The van der Waals surface area contributed by atoms with Gasteiger partial charge in [-0.3, -0.25) is 4.79 Å². The average molecular weight is 443 g/mol. The summed E-state index contributed by atoms with van der Waals surface area (Å²) in [7, 11) is 1.31. The molecule has 1 aromatic carbocycles. The zero-order valence-electron chi connectivity index (χ0n) is 17.4. The van der Waals surface area contributed by atoms with Crippen LogP contribution in [-0.4, -0.2) is 45.9 Å². The number of aryl methyl sites for hydroxylation is 1. The van der Waals surface area contributed by atoms with Gasteiger partial charge in [0, 0.05) is 5.69 Å². The van der Waals surface area contributed by atoms with Crippen molar-refractivity contribution in [1.29, 1.82) is 0 Å². The Labute approximate surface area is 182 Å². The molecule has 1 aliphatic heterocycles. The predicted octanol–water partition coefficient (Wildman–Crippen LogP) is 3.68. The van der Waals surface area contributed by atoms with Crippen molar-refractivity contribution in [1.82, 2.24) is 15.2 Å². The number of Topliss-reactive ketones (excluding diaryl/α,β-unsaturated/α-hetero) is 1. The van der Waals surface area contributed by atoms with E-state index in [9.17, 15) is 9.59 Å². The second kappa shape index (κ2) is 8.46. The molecule has 4 rings (SSSR count). The summed E-state index contributed by atoms with van der Waals surface area (Å²) in [6, 6.07) is 7.34. The van der Waals surface area contributed by atoms with Gasteiger partial charge in [-0.25, -0.2) is 4.79 Å². The third kappa shape index (κ3) is 4.02. The Morgan fingerprint density at radius 2 is 1.97 bits per heavy atom. The van der Waals surface area contributed by atoms with Gasteiger partial charge in [-0.05, 0) is 38.5 Å². The molecule has 9 nitrogen and oxygen atoms in total. The molecule has 162 valence electrons. The molecule has 0 spiro atoms. The molecular weight excluding hydrogens is 422 g/mol. The molecule has 2 atom stereocenters. The quantitative estimate of drug-likeness (QED) is 0.346. The summed E-state index contributed by atoms with van der Waals surface area (Å²) in [5, 5.41) is 7.78. The normalized spacial score (nSPS) is 16.1. The van der Waals surface area contributed by atoms with E-state index >= 15 is 0 Å². The number of aromatic amines is 1. The molecule has 0 radical (unpaired) electrons. The number of nitrogens with zero attached hydrogens (tertiary/aromatic N) is 2. The lowest BCUT2D eigenvalue weighted by molar-refractivity contribution is 0.0599. The fraction of sp³-hybridized carbons (Fsp3) is 0.333. The molecule has 0 amide bonds. The van der Waals surface area contributed by atoms with Crippen LogP contribution in [0.1, 0.15) is 51.0 Å². The van der Waals surface area contributed by atoms with Crippen molar-refractivity contribution < 1.29 is 28.2 Å². The number of aromatic nitrogens is 3. The van der Waals surface area contributed by atoms with E-state index < -0.39 is 17.3 Å². The number of benzene rings is 1. The first-order chi connectivity index (χ1) is 14.9. The molecule has 0 aliphatic carbocycles. The maximum absolute atomic E-state index is 13.0. The first-order valence-corrected chi connectivity index (χ1v) is 10.5. The van der Waals surface area contributed by atoms with E-state index in [1.54, 1.807) is 26.8 Å². The molecule has 0 unspecified atom stereocenters. The number of hydrogen-bond donors (Lipinski definition) is 1. The molecule has 3 aromatic rings. The van der Waals surface area contributed by atoms with Gasteiger partial charge in [-0.2, -0.15) is 0 Å². The molecule has 10 heteroatoms. The highest BCUT2D eigenvalue weighted by Crippen LogP contribution is 2.36. The summed E-state index contributed by atoms with van der Waals surface area (Å²) in [4.78, 5) is 27.9. The summed E-state index contributed by atoms with van der Waals surface area (Å²) >= 11 is 1.13. The fourth-order valence-electron chi connectivity index (χ4n) is 3.35. The van der Waals surface area contributed by atoms with Crippen LogP contribution in [0.2, 0.25) is 0 Å². The van der Waals surface area contributed by atoms with E-state index in [0.29, 0.717) is 34.0 Å². The van der Waals surface area contributed by atoms with Crippen LogP contribution >= 0.6 is 11.8 Å². The molecule has 0 bridgehead atoms. The maximum Gasteiger partial charge on any atom is 0.339 e. The molecule has 3 heterocycles. The predicted molar refractivity (Wildman–Crippen MR) is 111 cm³/mol. The van der Waals surface area contributed by atoms with Gasteiger partial charge >= 0.3 is 5.97 Å². The van der Waals surface area contributed by atoms with Gasteiger partial charge in [-0.1, -0.05) is 23.9 Å². The largest absolute Gasteiger partial charge is 0.485 e. The van der Waals surface area contributed by atoms with Crippen LogP contribution in [0.25, 0.3) is 0 Å². The van der Waals surface area contributed by atoms with Crippen LogP contribution in [-0.2, 0) is 4.74 Å². The van der Waals surface area contributed by atoms with Gasteiger partial charge in [0.15, 0.2) is 17.3 Å². The van der Waals surface area contributed by atoms with Crippen LogP contribution in [0.3, 0.4) is 0 Å². The van der Waals surface area contributed by atoms with Crippen molar-refractivity contribution in [3.63, 3.8) is 0 Å². The van der Waals surface area contributed by atoms with E-state index in [-0.39, 0.29) is 23.5 Å². The second-order valence-electron chi connectivity index (χ2n) is 7.01. The number of ether oxygens (including phenoxy) is 3. The number of ketones is 1. The number of thioether (sulfide) groups is 1. The van der Waals surface area contributed by atoms with Gasteiger partial charge in [-0.15, -0.1) is 10.2 Å². The van der Waals surface area contributed by atoms with E-state index in [1.165, 1.54) is 7.11 Å². The Morgan fingerprint density at radius 1 is 1.23 bits per heavy atom. The van der Waals surface area contributed by atoms with Gasteiger partial charge in [0.25, 0.3) is 11.1 Å². The van der Waals surface area contributed by atoms with E-state index in [0.717, 1.165) is 11.8 Å². The number of para-hydroxylation sites is 2. The number of carbonyl (C=O) groups is 2. The number of fused-ring (bicyclic) bond motifs is 1. The van der Waals surface area contributed by atoms with Crippen LogP contribution in [0, 0.1) is 13.8 Å². The smallest absolute Gasteiger partial charge is 0.339 e. The number of nitrogens with one attached hydrogen (secondary N) is 1. The number of hydrogen-bond acceptors (Lipinski definition) is 9. The van der Waals surface area contributed by atoms with Crippen molar-refractivity contribution in [3.05, 3.63) is 52.7 Å². The zero-order chi connectivity index (χ0) is 22.1. The fourth-order valence-corrected chi connectivity index (χ4v) is 4.10. The minimum atomic E-state index is -0.529. The lowest BCUT2D eigenvalue weighted by atomic mass is 10.1. The number of methoxy groups -OCH3 is 1. The first-order valence-electron chi connectivity index (χ1n) is 9.59. The van der Waals surface area contributed by atoms with Gasteiger partial charge in [0.1, 0.15) is 6.61 Å².